The average Bonchev–Trinajstić information content (AvgIpc) is 2.26. The fraction of sp³-hybridized carbons (Fsp3) is 0.538. The summed E-state index contributed by atoms with van der Waals surface area (Å²) in [6.07, 6.45) is 7.53. The number of anilines is 1. The first kappa shape index (κ1) is 14.6. The van der Waals surface area contributed by atoms with Gasteiger partial charge < -0.3 is 5.32 Å². The van der Waals surface area contributed by atoms with Crippen LogP contribution in [0.25, 0.3) is 0 Å². The molecule has 0 bridgehead atoms. The summed E-state index contributed by atoms with van der Waals surface area (Å²) >= 11 is 5.96. The highest BCUT2D eigenvalue weighted by Gasteiger charge is 2.12. The highest BCUT2D eigenvalue weighted by atomic mass is 35.5. The normalized spacial score (nSPS) is 11.1. The zero-order chi connectivity index (χ0) is 13.8. The first-order valence-corrected chi connectivity index (χ1v) is 6.16. The number of aromatic nitrogens is 2. The van der Waals surface area contributed by atoms with Crippen molar-refractivity contribution >= 4 is 17.3 Å². The minimum Gasteiger partial charge on any atom is -0.379 e. The molecule has 0 saturated carbocycles. The maximum atomic E-state index is 12.0. The van der Waals surface area contributed by atoms with E-state index in [4.69, 9.17) is 18.0 Å². The Balaban J connectivity index is 2.85. The van der Waals surface area contributed by atoms with Gasteiger partial charge in [0.2, 0.25) is 0 Å². The molecule has 1 rings (SSSR count). The van der Waals surface area contributed by atoms with Gasteiger partial charge in [0.05, 0.1) is 11.2 Å². The van der Waals surface area contributed by atoms with Gasteiger partial charge in [-0.15, -0.1) is 6.42 Å². The van der Waals surface area contributed by atoms with Crippen LogP contribution in [0.1, 0.15) is 27.2 Å². The summed E-state index contributed by atoms with van der Waals surface area (Å²) in [7, 11) is 0. The highest BCUT2D eigenvalue weighted by Crippen LogP contribution is 2.20. The molecular weight excluding hydrogens is 250 g/mol. The second kappa shape index (κ2) is 5.92. The number of hydrogen-bond acceptors (Lipinski definition) is 3. The summed E-state index contributed by atoms with van der Waals surface area (Å²) in [6.45, 7) is 7.24. The van der Waals surface area contributed by atoms with Crippen molar-refractivity contribution < 1.29 is 0 Å². The van der Waals surface area contributed by atoms with Crippen LogP contribution in [0.15, 0.2) is 11.0 Å². The Labute approximate surface area is 112 Å². The SMILES string of the molecule is C#CCn1ncc(Cl)c(NCCC(C)(C)C)c1=O. The van der Waals surface area contributed by atoms with Crippen LogP contribution in [0.5, 0.6) is 0 Å². The van der Waals surface area contributed by atoms with Gasteiger partial charge in [0, 0.05) is 6.54 Å². The molecule has 0 atom stereocenters. The Hall–Kier alpha value is -1.47. The largest absolute Gasteiger partial charge is 0.379 e. The van der Waals surface area contributed by atoms with E-state index < -0.39 is 0 Å². The number of rotatable bonds is 4. The minimum atomic E-state index is -0.283. The second-order valence-corrected chi connectivity index (χ2v) is 5.68. The first-order valence-electron chi connectivity index (χ1n) is 5.78. The van der Waals surface area contributed by atoms with Crippen LogP contribution in [0, 0.1) is 17.8 Å². The third kappa shape index (κ3) is 4.08. The van der Waals surface area contributed by atoms with Gasteiger partial charge in [0.1, 0.15) is 12.2 Å². The van der Waals surface area contributed by atoms with E-state index in [0.29, 0.717) is 17.3 Å². The van der Waals surface area contributed by atoms with E-state index in [1.165, 1.54) is 10.9 Å². The molecule has 0 spiro atoms. The molecule has 5 heteroatoms. The Morgan fingerprint density at radius 1 is 1.56 bits per heavy atom. The summed E-state index contributed by atoms with van der Waals surface area (Å²) in [5.74, 6) is 2.38. The molecule has 0 aromatic carbocycles. The summed E-state index contributed by atoms with van der Waals surface area (Å²) in [4.78, 5) is 12.0. The molecular formula is C13H18ClN3O. The highest BCUT2D eigenvalue weighted by molar-refractivity contribution is 6.32. The number of terminal acetylenes is 1. The van der Waals surface area contributed by atoms with E-state index in [-0.39, 0.29) is 17.5 Å². The fourth-order valence-electron chi connectivity index (χ4n) is 1.39. The number of nitrogens with one attached hydrogen (secondary N) is 1. The molecule has 0 saturated heterocycles. The minimum absolute atomic E-state index is 0.143. The van der Waals surface area contributed by atoms with Crippen LogP contribution >= 0.6 is 11.6 Å². The molecule has 0 aliphatic heterocycles. The van der Waals surface area contributed by atoms with Gasteiger partial charge in [0.15, 0.2) is 0 Å². The summed E-state index contributed by atoms with van der Waals surface area (Å²) < 4.78 is 1.21. The van der Waals surface area contributed by atoms with E-state index >= 15 is 0 Å². The van der Waals surface area contributed by atoms with Crippen molar-refractivity contribution in [1.82, 2.24) is 9.78 Å². The number of hydrogen-bond donors (Lipinski definition) is 1. The zero-order valence-corrected chi connectivity index (χ0v) is 11.7. The molecule has 0 fully saturated rings. The second-order valence-electron chi connectivity index (χ2n) is 5.27. The van der Waals surface area contributed by atoms with Crippen LogP contribution in [-0.4, -0.2) is 16.3 Å². The van der Waals surface area contributed by atoms with Gasteiger partial charge in [-0.05, 0) is 11.8 Å². The zero-order valence-electron chi connectivity index (χ0n) is 11.0. The number of halogens is 1. The molecule has 0 unspecified atom stereocenters. The quantitative estimate of drug-likeness (QED) is 0.852. The van der Waals surface area contributed by atoms with Crippen molar-refractivity contribution in [1.29, 1.82) is 0 Å². The Morgan fingerprint density at radius 3 is 2.78 bits per heavy atom. The lowest BCUT2D eigenvalue weighted by molar-refractivity contribution is 0.389. The standard InChI is InChI=1S/C13H18ClN3O/c1-5-8-17-12(18)11(10(14)9-16-17)15-7-6-13(2,3)4/h1,9,15H,6-8H2,2-4H3. The van der Waals surface area contributed by atoms with Crippen molar-refractivity contribution in [2.24, 2.45) is 5.41 Å². The summed E-state index contributed by atoms with van der Waals surface area (Å²) in [5, 5.41) is 7.26. The molecule has 1 N–H and O–H groups in total. The first-order chi connectivity index (χ1) is 8.35. The summed E-state index contributed by atoms with van der Waals surface area (Å²) in [6, 6.07) is 0. The molecule has 1 aromatic rings. The van der Waals surface area contributed by atoms with Crippen molar-refractivity contribution in [2.75, 3.05) is 11.9 Å². The monoisotopic (exact) mass is 267 g/mol. The summed E-state index contributed by atoms with van der Waals surface area (Å²) in [5.41, 5.74) is 0.283. The van der Waals surface area contributed by atoms with Gasteiger partial charge >= 0.3 is 0 Å². The van der Waals surface area contributed by atoms with Crippen LogP contribution in [-0.2, 0) is 6.54 Å². The lowest BCUT2D eigenvalue weighted by atomic mass is 9.92. The Bertz CT molecular complexity index is 508. The molecule has 1 aromatic heterocycles. The molecule has 0 aliphatic carbocycles. The van der Waals surface area contributed by atoms with Gasteiger partial charge in [0.25, 0.3) is 5.56 Å². The van der Waals surface area contributed by atoms with Crippen LogP contribution in [0.4, 0.5) is 5.69 Å². The lowest BCUT2D eigenvalue weighted by Crippen LogP contribution is -2.26. The molecule has 98 valence electrons. The van der Waals surface area contributed by atoms with E-state index in [9.17, 15) is 4.79 Å². The molecule has 0 aliphatic rings. The molecule has 18 heavy (non-hydrogen) atoms. The predicted octanol–water partition coefficient (Wildman–Crippen LogP) is 2.38. The molecule has 0 amide bonds. The Morgan fingerprint density at radius 2 is 2.22 bits per heavy atom. The fourth-order valence-corrected chi connectivity index (χ4v) is 1.58. The molecule has 4 nitrogen and oxygen atoms in total. The van der Waals surface area contributed by atoms with Crippen molar-refractivity contribution in [3.8, 4) is 12.3 Å². The van der Waals surface area contributed by atoms with E-state index in [2.05, 4.69) is 37.1 Å². The average molecular weight is 268 g/mol. The van der Waals surface area contributed by atoms with Crippen molar-refractivity contribution in [3.63, 3.8) is 0 Å². The topological polar surface area (TPSA) is 46.9 Å². The molecule has 1 heterocycles. The van der Waals surface area contributed by atoms with Gasteiger partial charge in [-0.1, -0.05) is 38.3 Å². The predicted molar refractivity (Wildman–Crippen MR) is 74.9 cm³/mol. The molecule has 0 radical (unpaired) electrons. The van der Waals surface area contributed by atoms with Crippen LogP contribution in [0.3, 0.4) is 0 Å². The van der Waals surface area contributed by atoms with Crippen LogP contribution < -0.4 is 10.9 Å². The van der Waals surface area contributed by atoms with E-state index in [1.807, 2.05) is 0 Å². The Kier molecular flexibility index (Phi) is 4.80. The van der Waals surface area contributed by atoms with Crippen LogP contribution in [0.2, 0.25) is 5.02 Å². The van der Waals surface area contributed by atoms with Gasteiger partial charge in [-0.3, -0.25) is 4.79 Å². The smallest absolute Gasteiger partial charge is 0.292 e. The van der Waals surface area contributed by atoms with Crippen molar-refractivity contribution in [2.45, 2.75) is 33.7 Å². The third-order valence-electron chi connectivity index (χ3n) is 2.42. The lowest BCUT2D eigenvalue weighted by Gasteiger charge is -2.18. The third-order valence-corrected chi connectivity index (χ3v) is 2.70. The van der Waals surface area contributed by atoms with Gasteiger partial charge in [-0.2, -0.15) is 5.10 Å². The maximum Gasteiger partial charge on any atom is 0.292 e. The maximum absolute atomic E-state index is 12.0. The number of nitrogens with zero attached hydrogens (tertiary/aromatic N) is 2. The van der Waals surface area contributed by atoms with E-state index in [1.54, 1.807) is 0 Å². The van der Waals surface area contributed by atoms with Gasteiger partial charge in [-0.25, -0.2) is 4.68 Å². The van der Waals surface area contributed by atoms with E-state index in [0.717, 1.165) is 6.42 Å². The van der Waals surface area contributed by atoms with Crippen molar-refractivity contribution in [3.05, 3.63) is 21.6 Å².